The number of hydrogen-bond acceptors (Lipinski definition) is 2. The van der Waals surface area contributed by atoms with Crippen LogP contribution < -0.4 is 0 Å². The number of nitrogens with zero attached hydrogens (tertiary/aromatic N) is 2. The first-order valence-electron chi connectivity index (χ1n) is 9.75. The predicted molar refractivity (Wildman–Crippen MR) is 107 cm³/mol. The van der Waals surface area contributed by atoms with Crippen LogP contribution in [0.5, 0.6) is 0 Å². The van der Waals surface area contributed by atoms with Gasteiger partial charge in [-0.3, -0.25) is 4.79 Å². The number of amides is 2. The SMILES string of the molecule is O=C(Cc1ccc(F)cc1)N1CCc2c(cc(Cl)cc2[C@@H]2CCCN2C(=O)O)C1. The van der Waals surface area contributed by atoms with Crippen molar-refractivity contribution in [2.75, 3.05) is 13.1 Å². The summed E-state index contributed by atoms with van der Waals surface area (Å²) in [6, 6.07) is 9.54. The zero-order chi connectivity index (χ0) is 20.5. The Hall–Kier alpha value is -2.60. The number of carboxylic acid groups (broad SMARTS) is 1. The first-order chi connectivity index (χ1) is 13.9. The molecule has 152 valence electrons. The van der Waals surface area contributed by atoms with E-state index in [1.807, 2.05) is 12.1 Å². The summed E-state index contributed by atoms with van der Waals surface area (Å²) in [6.45, 7) is 1.55. The normalized spacial score (nSPS) is 18.6. The Morgan fingerprint density at radius 2 is 1.93 bits per heavy atom. The average molecular weight is 417 g/mol. The minimum absolute atomic E-state index is 0.0168. The van der Waals surface area contributed by atoms with Crippen molar-refractivity contribution >= 4 is 23.6 Å². The van der Waals surface area contributed by atoms with Gasteiger partial charge in [0.2, 0.25) is 5.91 Å². The Morgan fingerprint density at radius 1 is 1.17 bits per heavy atom. The second-order valence-electron chi connectivity index (χ2n) is 7.64. The number of halogens is 2. The lowest BCUT2D eigenvalue weighted by molar-refractivity contribution is -0.131. The lowest BCUT2D eigenvalue weighted by Crippen LogP contribution is -2.38. The molecule has 4 rings (SSSR count). The summed E-state index contributed by atoms with van der Waals surface area (Å²) in [6.07, 6.45) is 1.60. The molecule has 2 aliphatic heterocycles. The molecule has 0 radical (unpaired) electrons. The van der Waals surface area contributed by atoms with E-state index >= 15 is 0 Å². The summed E-state index contributed by atoms with van der Waals surface area (Å²) in [5.41, 5.74) is 3.83. The van der Waals surface area contributed by atoms with Gasteiger partial charge in [0.15, 0.2) is 0 Å². The van der Waals surface area contributed by atoms with E-state index in [0.29, 0.717) is 31.1 Å². The van der Waals surface area contributed by atoms with Gasteiger partial charge in [-0.05, 0) is 65.8 Å². The Kier molecular flexibility index (Phi) is 5.46. The molecular formula is C22H22ClFN2O3. The second kappa shape index (κ2) is 8.03. The highest BCUT2D eigenvalue weighted by atomic mass is 35.5. The van der Waals surface area contributed by atoms with Crippen LogP contribution in [0.2, 0.25) is 5.02 Å². The molecule has 0 saturated carbocycles. The van der Waals surface area contributed by atoms with E-state index in [1.165, 1.54) is 17.0 Å². The van der Waals surface area contributed by atoms with Gasteiger partial charge in [-0.15, -0.1) is 0 Å². The highest BCUT2D eigenvalue weighted by Gasteiger charge is 2.33. The summed E-state index contributed by atoms with van der Waals surface area (Å²) < 4.78 is 13.1. The van der Waals surface area contributed by atoms with Gasteiger partial charge >= 0.3 is 6.09 Å². The van der Waals surface area contributed by atoms with Gasteiger partial charge in [-0.2, -0.15) is 0 Å². The number of likely N-dealkylation sites (tertiary alicyclic amines) is 1. The summed E-state index contributed by atoms with van der Waals surface area (Å²) in [4.78, 5) is 27.6. The van der Waals surface area contributed by atoms with E-state index in [1.54, 1.807) is 17.0 Å². The van der Waals surface area contributed by atoms with Gasteiger partial charge in [0.05, 0.1) is 12.5 Å². The molecule has 5 nitrogen and oxygen atoms in total. The van der Waals surface area contributed by atoms with Gasteiger partial charge in [0, 0.05) is 24.7 Å². The van der Waals surface area contributed by atoms with E-state index in [0.717, 1.165) is 35.1 Å². The quantitative estimate of drug-likeness (QED) is 0.805. The van der Waals surface area contributed by atoms with Crippen molar-refractivity contribution in [2.24, 2.45) is 0 Å². The fourth-order valence-corrected chi connectivity index (χ4v) is 4.66. The van der Waals surface area contributed by atoms with Crippen molar-refractivity contribution in [1.29, 1.82) is 0 Å². The van der Waals surface area contributed by atoms with Crippen LogP contribution in [0.4, 0.5) is 9.18 Å². The van der Waals surface area contributed by atoms with E-state index < -0.39 is 6.09 Å². The van der Waals surface area contributed by atoms with Crippen LogP contribution >= 0.6 is 11.6 Å². The van der Waals surface area contributed by atoms with Crippen LogP contribution in [0.15, 0.2) is 36.4 Å². The third kappa shape index (κ3) is 4.08. The highest BCUT2D eigenvalue weighted by Crippen LogP contribution is 2.38. The molecule has 1 atom stereocenters. The van der Waals surface area contributed by atoms with E-state index in [-0.39, 0.29) is 24.2 Å². The van der Waals surface area contributed by atoms with Gasteiger partial charge in [0.25, 0.3) is 0 Å². The van der Waals surface area contributed by atoms with Crippen LogP contribution in [-0.4, -0.2) is 40.0 Å². The molecule has 0 unspecified atom stereocenters. The van der Waals surface area contributed by atoms with E-state index in [2.05, 4.69) is 0 Å². The molecule has 0 aliphatic carbocycles. The molecule has 1 N–H and O–H groups in total. The number of carbonyl (C=O) groups excluding carboxylic acids is 1. The van der Waals surface area contributed by atoms with Crippen molar-refractivity contribution in [3.05, 3.63) is 69.5 Å². The molecule has 7 heteroatoms. The fraction of sp³-hybridized carbons (Fsp3) is 0.364. The molecule has 0 bridgehead atoms. The summed E-state index contributed by atoms with van der Waals surface area (Å²) in [7, 11) is 0. The number of carbonyl (C=O) groups is 2. The van der Waals surface area contributed by atoms with Crippen LogP contribution in [-0.2, 0) is 24.2 Å². The largest absolute Gasteiger partial charge is 0.465 e. The monoisotopic (exact) mass is 416 g/mol. The molecule has 29 heavy (non-hydrogen) atoms. The van der Waals surface area contributed by atoms with Gasteiger partial charge < -0.3 is 14.9 Å². The lowest BCUT2D eigenvalue weighted by Gasteiger charge is -2.33. The van der Waals surface area contributed by atoms with Crippen molar-refractivity contribution in [3.63, 3.8) is 0 Å². The molecule has 2 aromatic rings. The molecule has 2 heterocycles. The molecule has 2 amide bonds. The molecular weight excluding hydrogens is 395 g/mol. The Balaban J connectivity index is 1.55. The maximum Gasteiger partial charge on any atom is 0.407 e. The first-order valence-corrected chi connectivity index (χ1v) is 10.1. The molecule has 1 saturated heterocycles. The van der Waals surface area contributed by atoms with Crippen LogP contribution in [0, 0.1) is 5.82 Å². The Labute approximate surface area is 173 Å². The third-order valence-electron chi connectivity index (χ3n) is 5.81. The van der Waals surface area contributed by atoms with Crippen LogP contribution in [0.25, 0.3) is 0 Å². The summed E-state index contributed by atoms with van der Waals surface area (Å²) in [5, 5.41) is 10.1. The van der Waals surface area contributed by atoms with E-state index in [4.69, 9.17) is 11.6 Å². The Bertz CT molecular complexity index is 948. The summed E-state index contributed by atoms with van der Waals surface area (Å²) >= 11 is 6.35. The second-order valence-corrected chi connectivity index (χ2v) is 8.07. The molecule has 2 aliphatic rings. The average Bonchev–Trinajstić information content (AvgIpc) is 3.18. The minimum Gasteiger partial charge on any atom is -0.465 e. The number of benzene rings is 2. The van der Waals surface area contributed by atoms with Gasteiger partial charge in [-0.1, -0.05) is 23.7 Å². The highest BCUT2D eigenvalue weighted by molar-refractivity contribution is 6.30. The van der Waals surface area contributed by atoms with Crippen molar-refractivity contribution in [3.8, 4) is 0 Å². The molecule has 1 fully saturated rings. The van der Waals surface area contributed by atoms with Gasteiger partial charge in [-0.25, -0.2) is 9.18 Å². The smallest absolute Gasteiger partial charge is 0.407 e. The molecule has 2 aromatic carbocycles. The van der Waals surface area contributed by atoms with E-state index in [9.17, 15) is 19.1 Å². The van der Waals surface area contributed by atoms with Crippen molar-refractivity contribution < 1.29 is 19.1 Å². The number of rotatable bonds is 3. The third-order valence-corrected chi connectivity index (χ3v) is 6.03. The lowest BCUT2D eigenvalue weighted by atomic mass is 9.89. The maximum atomic E-state index is 13.1. The summed E-state index contributed by atoms with van der Waals surface area (Å²) in [5.74, 6) is -0.339. The van der Waals surface area contributed by atoms with Crippen molar-refractivity contribution in [2.45, 2.75) is 38.3 Å². The topological polar surface area (TPSA) is 60.9 Å². The van der Waals surface area contributed by atoms with Crippen molar-refractivity contribution in [1.82, 2.24) is 9.80 Å². The Morgan fingerprint density at radius 3 is 2.66 bits per heavy atom. The minimum atomic E-state index is -0.909. The predicted octanol–water partition coefficient (Wildman–Crippen LogP) is 4.42. The number of hydrogen-bond donors (Lipinski definition) is 1. The zero-order valence-corrected chi connectivity index (χ0v) is 16.7. The standard InChI is InChI=1S/C22H22ClFN2O3/c23-16-11-15-13-25(21(27)10-14-3-5-17(24)6-4-14)9-7-18(15)19(12-16)20-2-1-8-26(20)22(28)29/h3-6,11-12,20H,1-2,7-10,13H2,(H,28,29)/t20-/m0/s1. The van der Waals surface area contributed by atoms with Crippen LogP contribution in [0.3, 0.4) is 0 Å². The maximum absolute atomic E-state index is 13.1. The first kappa shape index (κ1) is 19.7. The number of fused-ring (bicyclic) bond motifs is 1. The van der Waals surface area contributed by atoms with Crippen LogP contribution in [0.1, 0.15) is 41.1 Å². The fourth-order valence-electron chi connectivity index (χ4n) is 4.41. The molecule has 0 spiro atoms. The van der Waals surface area contributed by atoms with Gasteiger partial charge in [0.1, 0.15) is 5.82 Å². The zero-order valence-electron chi connectivity index (χ0n) is 15.9. The molecule has 0 aromatic heterocycles.